The zero-order valence-electron chi connectivity index (χ0n) is 13.9. The van der Waals surface area contributed by atoms with E-state index in [1.54, 1.807) is 6.07 Å². The molecule has 0 saturated carbocycles. The van der Waals surface area contributed by atoms with Gasteiger partial charge < -0.3 is 9.77 Å². The Kier molecular flexibility index (Phi) is 3.46. The lowest BCUT2D eigenvalue weighted by Gasteiger charge is -2.16. The molecule has 2 aliphatic heterocycles. The maximum absolute atomic E-state index is 12.8. The maximum atomic E-state index is 12.8. The van der Waals surface area contributed by atoms with Crippen LogP contribution in [0.15, 0.2) is 53.3 Å². The largest absolute Gasteiger partial charge is 0.618 e. The van der Waals surface area contributed by atoms with Crippen molar-refractivity contribution >= 4 is 11.0 Å². The molecule has 6 nitrogen and oxygen atoms in total. The zero-order valence-corrected chi connectivity index (χ0v) is 13.9. The predicted octanol–water partition coefficient (Wildman–Crippen LogP) is 2.53. The average molecular weight is 332 g/mol. The summed E-state index contributed by atoms with van der Waals surface area (Å²) in [6.45, 7) is 4.46. The number of fused-ring (bicyclic) bond motifs is 2. The second kappa shape index (κ2) is 5.66. The quantitative estimate of drug-likeness (QED) is 0.321. The van der Waals surface area contributed by atoms with Gasteiger partial charge in [-0.05, 0) is 25.5 Å². The van der Waals surface area contributed by atoms with Crippen molar-refractivity contribution in [3.8, 4) is 22.9 Å². The van der Waals surface area contributed by atoms with Gasteiger partial charge in [-0.3, -0.25) is 4.79 Å². The predicted molar refractivity (Wildman–Crippen MR) is 95.2 cm³/mol. The van der Waals surface area contributed by atoms with E-state index in [1.165, 1.54) is 0 Å². The van der Waals surface area contributed by atoms with Gasteiger partial charge in [0, 0.05) is 18.2 Å². The van der Waals surface area contributed by atoms with E-state index in [0.717, 1.165) is 16.6 Å². The summed E-state index contributed by atoms with van der Waals surface area (Å²) in [4.78, 5) is 21.2. The van der Waals surface area contributed by atoms with Crippen LogP contribution >= 0.6 is 0 Å². The van der Waals surface area contributed by atoms with Crippen LogP contribution in [-0.4, -0.2) is 14.5 Å². The third-order valence-electron chi connectivity index (χ3n) is 4.28. The lowest BCUT2D eigenvalue weighted by atomic mass is 10.1. The highest BCUT2D eigenvalue weighted by molar-refractivity contribution is 5.76. The molecule has 0 bridgehead atoms. The zero-order chi connectivity index (χ0) is 17.6. The first-order valence-electron chi connectivity index (χ1n) is 8.10. The molecule has 2 heterocycles. The van der Waals surface area contributed by atoms with E-state index in [2.05, 4.69) is 9.97 Å². The topological polar surface area (TPSA) is 74.7 Å². The Hall–Kier alpha value is -3.28. The number of benzene rings is 2. The van der Waals surface area contributed by atoms with Crippen molar-refractivity contribution in [2.45, 2.75) is 20.4 Å². The fourth-order valence-corrected chi connectivity index (χ4v) is 3.08. The van der Waals surface area contributed by atoms with Crippen molar-refractivity contribution < 1.29 is 4.73 Å². The number of aromatic nitrogens is 4. The highest BCUT2D eigenvalue weighted by Crippen LogP contribution is 2.23. The van der Waals surface area contributed by atoms with Gasteiger partial charge in [-0.25, -0.2) is 4.98 Å². The van der Waals surface area contributed by atoms with Crippen molar-refractivity contribution in [2.75, 3.05) is 0 Å². The molecule has 0 fully saturated rings. The molecule has 0 radical (unpaired) electrons. The van der Waals surface area contributed by atoms with E-state index in [-0.39, 0.29) is 5.69 Å². The van der Waals surface area contributed by atoms with E-state index >= 15 is 0 Å². The summed E-state index contributed by atoms with van der Waals surface area (Å²) in [5.74, 6) is 0.680. The van der Waals surface area contributed by atoms with E-state index < -0.39 is 5.56 Å². The fourth-order valence-electron chi connectivity index (χ4n) is 3.08. The molecule has 25 heavy (non-hydrogen) atoms. The summed E-state index contributed by atoms with van der Waals surface area (Å²) in [5, 5.41) is 12.8. The van der Waals surface area contributed by atoms with Gasteiger partial charge in [-0.15, -0.1) is 0 Å². The summed E-state index contributed by atoms with van der Waals surface area (Å²) in [6.07, 6.45) is 0. The van der Waals surface area contributed by atoms with Crippen LogP contribution in [0.2, 0.25) is 0 Å². The number of hydrogen-bond acceptors (Lipinski definition) is 4. The second-order valence-corrected chi connectivity index (χ2v) is 5.92. The Morgan fingerprint density at radius 1 is 1.12 bits per heavy atom. The molecule has 6 heteroatoms. The van der Waals surface area contributed by atoms with Crippen LogP contribution in [-0.2, 0) is 6.54 Å². The van der Waals surface area contributed by atoms with Gasteiger partial charge in [0.1, 0.15) is 5.52 Å². The average Bonchev–Trinajstić information content (AvgIpc) is 2.63. The Morgan fingerprint density at radius 2 is 1.88 bits per heavy atom. The van der Waals surface area contributed by atoms with Crippen LogP contribution in [0, 0.1) is 12.1 Å². The normalized spacial score (nSPS) is 11.3. The summed E-state index contributed by atoms with van der Waals surface area (Å²) < 4.78 is 2.54. The Bertz CT molecular complexity index is 1120. The molecule has 124 valence electrons. The summed E-state index contributed by atoms with van der Waals surface area (Å²) >= 11 is 0. The summed E-state index contributed by atoms with van der Waals surface area (Å²) in [6, 6.07) is 14.9. The van der Waals surface area contributed by atoms with Crippen molar-refractivity contribution in [2.24, 2.45) is 0 Å². The Balaban J connectivity index is 2.16. The molecule has 0 N–H and O–H groups in total. The minimum atomic E-state index is -0.565. The summed E-state index contributed by atoms with van der Waals surface area (Å²) in [5.41, 5.74) is 2.29. The van der Waals surface area contributed by atoms with Gasteiger partial charge in [-0.1, -0.05) is 36.4 Å². The first kappa shape index (κ1) is 15.3. The van der Waals surface area contributed by atoms with Crippen LogP contribution in [0.5, 0.6) is 0 Å². The Morgan fingerprint density at radius 3 is 2.60 bits per heavy atom. The minimum Gasteiger partial charge on any atom is -0.618 e. The van der Waals surface area contributed by atoms with Crippen molar-refractivity contribution in [1.82, 2.24) is 14.5 Å². The molecule has 0 unspecified atom stereocenters. The fraction of sp³-hybridized carbons (Fsp3) is 0.158. The van der Waals surface area contributed by atoms with E-state index in [9.17, 15) is 10.0 Å². The van der Waals surface area contributed by atoms with E-state index in [0.29, 0.717) is 28.4 Å². The van der Waals surface area contributed by atoms with E-state index in [1.807, 2.05) is 60.9 Å². The van der Waals surface area contributed by atoms with Gasteiger partial charge in [0.2, 0.25) is 11.3 Å². The molecule has 2 aliphatic rings. The SMILES string of the molecule is CCn1c2nc(-c3ccccc3)nc(=O)c-2[n+]([O-])c2cc(C)ccc21. The van der Waals surface area contributed by atoms with Gasteiger partial charge in [0.05, 0.1) is 0 Å². The molecule has 2 aromatic carbocycles. The minimum absolute atomic E-state index is 0.0281. The lowest BCUT2D eigenvalue weighted by molar-refractivity contribution is -0.566. The smallest absolute Gasteiger partial charge is 0.349 e. The van der Waals surface area contributed by atoms with Gasteiger partial charge in [0.15, 0.2) is 5.82 Å². The third kappa shape index (κ3) is 2.34. The molecule has 0 spiro atoms. The summed E-state index contributed by atoms with van der Waals surface area (Å²) in [7, 11) is 0. The molecule has 0 atom stereocenters. The molecule has 0 aromatic heterocycles. The number of rotatable bonds is 2. The second-order valence-electron chi connectivity index (χ2n) is 5.92. The van der Waals surface area contributed by atoms with Gasteiger partial charge in [0.25, 0.3) is 0 Å². The molecule has 0 amide bonds. The van der Waals surface area contributed by atoms with Gasteiger partial charge >= 0.3 is 11.3 Å². The highest BCUT2D eigenvalue weighted by Gasteiger charge is 2.28. The first-order valence-corrected chi connectivity index (χ1v) is 8.10. The lowest BCUT2D eigenvalue weighted by Crippen LogP contribution is -2.40. The standard InChI is InChI=1S/C19H16N4O2/c1-3-22-14-10-9-12(2)11-15(14)23(25)16-18(22)20-17(21-19(16)24)13-7-5-4-6-8-13/h4-11H,3H2,1-2H3. The monoisotopic (exact) mass is 332 g/mol. The Labute approximate surface area is 144 Å². The number of nitrogens with zero attached hydrogens (tertiary/aromatic N) is 4. The van der Waals surface area contributed by atoms with Crippen molar-refractivity contribution in [3.63, 3.8) is 0 Å². The molecule has 2 aromatic rings. The van der Waals surface area contributed by atoms with Gasteiger partial charge in [-0.2, -0.15) is 9.71 Å². The number of hydrogen-bond donors (Lipinski definition) is 0. The molecule has 4 rings (SSSR count). The van der Waals surface area contributed by atoms with Crippen molar-refractivity contribution in [1.29, 1.82) is 0 Å². The first-order chi connectivity index (χ1) is 12.1. The third-order valence-corrected chi connectivity index (χ3v) is 4.28. The molecular weight excluding hydrogens is 316 g/mol. The van der Waals surface area contributed by atoms with Crippen LogP contribution in [0.4, 0.5) is 0 Å². The molecule has 0 aliphatic carbocycles. The van der Waals surface area contributed by atoms with Crippen LogP contribution in [0.25, 0.3) is 33.9 Å². The van der Waals surface area contributed by atoms with Crippen LogP contribution in [0.3, 0.4) is 0 Å². The highest BCUT2D eigenvalue weighted by atomic mass is 16.5. The van der Waals surface area contributed by atoms with Crippen molar-refractivity contribution in [3.05, 3.63) is 69.7 Å². The van der Waals surface area contributed by atoms with Crippen LogP contribution < -0.4 is 10.3 Å². The molecular formula is C19H16N4O2. The van der Waals surface area contributed by atoms with E-state index in [4.69, 9.17) is 0 Å². The van der Waals surface area contributed by atoms with Crippen LogP contribution in [0.1, 0.15) is 12.5 Å². The maximum Gasteiger partial charge on any atom is 0.349 e. The molecule has 0 saturated heterocycles. The number of aryl methyl sites for hydroxylation is 2.